The summed E-state index contributed by atoms with van der Waals surface area (Å²) >= 11 is 5.72. The third-order valence-corrected chi connectivity index (χ3v) is 4.76. The van der Waals surface area contributed by atoms with Crippen molar-refractivity contribution in [3.63, 3.8) is 0 Å². The summed E-state index contributed by atoms with van der Waals surface area (Å²) in [6, 6.07) is 8.77. The Morgan fingerprint density at radius 2 is 1.86 bits per heavy atom. The Balaban J connectivity index is 2.49. The highest BCUT2D eigenvalue weighted by atomic mass is 35.5. The molecule has 2 aromatic carbocycles. The lowest BCUT2D eigenvalue weighted by Gasteiger charge is -2.08. The number of carboxylic acids is 1. The highest BCUT2D eigenvalue weighted by Gasteiger charge is 2.23. The maximum Gasteiger partial charge on any atom is 0.337 e. The Hall–Kier alpha value is -1.92. The molecule has 0 atom stereocenters. The number of hydrogen-bond acceptors (Lipinski definition) is 3. The van der Waals surface area contributed by atoms with E-state index in [0.717, 1.165) is 6.07 Å². The van der Waals surface area contributed by atoms with E-state index >= 15 is 0 Å². The van der Waals surface area contributed by atoms with Gasteiger partial charge >= 0.3 is 5.97 Å². The Labute approximate surface area is 125 Å². The molecule has 1 N–H and O–H groups in total. The van der Waals surface area contributed by atoms with E-state index in [4.69, 9.17) is 16.7 Å². The molecule has 4 nitrogen and oxygen atoms in total. The van der Waals surface area contributed by atoms with Gasteiger partial charge in [0.15, 0.2) is 9.84 Å². The molecule has 0 unspecified atom stereocenters. The molecule has 2 aromatic rings. The van der Waals surface area contributed by atoms with Crippen LogP contribution in [0.15, 0.2) is 47.4 Å². The third kappa shape index (κ3) is 3.40. The van der Waals surface area contributed by atoms with Crippen LogP contribution in [0.5, 0.6) is 0 Å². The van der Waals surface area contributed by atoms with Gasteiger partial charge in [-0.3, -0.25) is 0 Å². The van der Waals surface area contributed by atoms with E-state index in [9.17, 15) is 17.6 Å². The van der Waals surface area contributed by atoms with Crippen LogP contribution in [0.1, 0.15) is 15.9 Å². The standard InChI is InChI=1S/C14H10ClFO4S/c15-10-5-6-12(16)9(7-10)8-21(19,20)13-4-2-1-3-11(13)14(17)18/h1-7H,8H2,(H,17,18). The van der Waals surface area contributed by atoms with E-state index in [2.05, 4.69) is 0 Å². The van der Waals surface area contributed by atoms with Gasteiger partial charge in [0.05, 0.1) is 16.2 Å². The minimum Gasteiger partial charge on any atom is -0.478 e. The lowest BCUT2D eigenvalue weighted by molar-refractivity contribution is 0.0692. The quantitative estimate of drug-likeness (QED) is 0.935. The lowest BCUT2D eigenvalue weighted by Crippen LogP contribution is -2.12. The molecule has 0 aromatic heterocycles. The molecule has 7 heteroatoms. The van der Waals surface area contributed by atoms with Crippen molar-refractivity contribution in [3.8, 4) is 0 Å². The van der Waals surface area contributed by atoms with E-state index in [1.807, 2.05) is 0 Å². The van der Waals surface area contributed by atoms with Crippen molar-refractivity contribution in [3.05, 3.63) is 64.4 Å². The van der Waals surface area contributed by atoms with Crippen LogP contribution >= 0.6 is 11.6 Å². The predicted octanol–water partition coefficient (Wildman–Crippen LogP) is 3.15. The second kappa shape index (κ2) is 5.83. The fraction of sp³-hybridized carbons (Fsp3) is 0.0714. The van der Waals surface area contributed by atoms with Gasteiger partial charge in [0.25, 0.3) is 0 Å². The van der Waals surface area contributed by atoms with Crippen molar-refractivity contribution in [2.45, 2.75) is 10.6 Å². The molecule has 0 saturated heterocycles. The maximum atomic E-state index is 13.6. The van der Waals surface area contributed by atoms with Gasteiger partial charge in [-0.1, -0.05) is 23.7 Å². The average molecular weight is 329 g/mol. The van der Waals surface area contributed by atoms with Crippen molar-refractivity contribution < 1.29 is 22.7 Å². The van der Waals surface area contributed by atoms with Gasteiger partial charge in [-0.15, -0.1) is 0 Å². The number of aromatic carboxylic acids is 1. The molecule has 0 aliphatic carbocycles. The van der Waals surface area contributed by atoms with Crippen molar-refractivity contribution in [1.29, 1.82) is 0 Å². The first-order valence-electron chi connectivity index (χ1n) is 5.80. The number of sulfone groups is 1. The molecule has 0 bridgehead atoms. The van der Waals surface area contributed by atoms with Crippen LogP contribution in [-0.2, 0) is 15.6 Å². The van der Waals surface area contributed by atoms with Crippen LogP contribution in [-0.4, -0.2) is 19.5 Å². The Morgan fingerprint density at radius 1 is 1.19 bits per heavy atom. The molecule has 0 amide bonds. The summed E-state index contributed by atoms with van der Waals surface area (Å²) in [5, 5.41) is 9.24. The lowest BCUT2D eigenvalue weighted by atomic mass is 10.2. The number of hydrogen-bond donors (Lipinski definition) is 1. The number of rotatable bonds is 4. The summed E-state index contributed by atoms with van der Waals surface area (Å²) in [6.07, 6.45) is 0. The second-order valence-electron chi connectivity index (χ2n) is 4.30. The summed E-state index contributed by atoms with van der Waals surface area (Å²) < 4.78 is 38.3. The first-order valence-corrected chi connectivity index (χ1v) is 7.83. The van der Waals surface area contributed by atoms with Crippen molar-refractivity contribution in [1.82, 2.24) is 0 Å². The summed E-state index contributed by atoms with van der Waals surface area (Å²) in [4.78, 5) is 10.7. The van der Waals surface area contributed by atoms with Crippen LogP contribution in [0.3, 0.4) is 0 Å². The number of halogens is 2. The molecule has 0 saturated carbocycles. The predicted molar refractivity (Wildman–Crippen MR) is 75.7 cm³/mol. The first-order chi connectivity index (χ1) is 9.81. The molecule has 2 rings (SSSR count). The highest BCUT2D eigenvalue weighted by molar-refractivity contribution is 7.90. The normalized spacial score (nSPS) is 11.3. The summed E-state index contributed by atoms with van der Waals surface area (Å²) in [7, 11) is -4.01. The van der Waals surface area contributed by atoms with E-state index in [1.54, 1.807) is 0 Å². The topological polar surface area (TPSA) is 71.4 Å². The zero-order valence-electron chi connectivity index (χ0n) is 10.6. The van der Waals surface area contributed by atoms with Gasteiger partial charge < -0.3 is 5.11 Å². The fourth-order valence-corrected chi connectivity index (χ4v) is 3.61. The third-order valence-electron chi connectivity index (χ3n) is 2.81. The summed E-state index contributed by atoms with van der Waals surface area (Å²) in [6.45, 7) is 0. The molecule has 0 heterocycles. The van der Waals surface area contributed by atoms with Crippen molar-refractivity contribution in [2.24, 2.45) is 0 Å². The molecule has 0 radical (unpaired) electrons. The van der Waals surface area contributed by atoms with Crippen molar-refractivity contribution >= 4 is 27.4 Å². The van der Waals surface area contributed by atoms with Crippen LogP contribution in [0, 0.1) is 5.82 Å². The molecule has 0 fully saturated rings. The van der Waals surface area contributed by atoms with Crippen molar-refractivity contribution in [2.75, 3.05) is 0 Å². The molecule has 21 heavy (non-hydrogen) atoms. The summed E-state index contributed by atoms with van der Waals surface area (Å²) in [5.41, 5.74) is -0.456. The zero-order valence-corrected chi connectivity index (χ0v) is 12.2. The fourth-order valence-electron chi connectivity index (χ4n) is 1.85. The SMILES string of the molecule is O=C(O)c1ccccc1S(=O)(=O)Cc1cc(Cl)ccc1F. The minimum atomic E-state index is -4.01. The Morgan fingerprint density at radius 3 is 2.52 bits per heavy atom. The van der Waals surface area contributed by atoms with Crippen LogP contribution in [0.25, 0.3) is 0 Å². The maximum absolute atomic E-state index is 13.6. The molecule has 0 aliphatic rings. The smallest absolute Gasteiger partial charge is 0.337 e. The number of carbonyl (C=O) groups is 1. The van der Waals surface area contributed by atoms with Gasteiger partial charge in [0, 0.05) is 10.6 Å². The number of carboxylic acid groups (broad SMARTS) is 1. The van der Waals surface area contributed by atoms with E-state index < -0.39 is 27.4 Å². The largest absolute Gasteiger partial charge is 0.478 e. The Bertz CT molecular complexity index is 802. The van der Waals surface area contributed by atoms with Gasteiger partial charge in [-0.25, -0.2) is 17.6 Å². The highest BCUT2D eigenvalue weighted by Crippen LogP contribution is 2.23. The van der Waals surface area contributed by atoms with Crippen LogP contribution in [0.2, 0.25) is 5.02 Å². The molecular weight excluding hydrogens is 319 g/mol. The zero-order chi connectivity index (χ0) is 15.6. The van der Waals surface area contributed by atoms with Crippen LogP contribution < -0.4 is 0 Å². The van der Waals surface area contributed by atoms with Gasteiger partial charge in [-0.05, 0) is 30.3 Å². The average Bonchev–Trinajstić information content (AvgIpc) is 2.42. The second-order valence-corrected chi connectivity index (χ2v) is 6.69. The number of benzene rings is 2. The van der Waals surface area contributed by atoms with E-state index in [0.29, 0.717) is 0 Å². The van der Waals surface area contributed by atoms with Gasteiger partial charge in [0.1, 0.15) is 5.82 Å². The molecular formula is C14H10ClFO4S. The Kier molecular flexibility index (Phi) is 4.29. The van der Waals surface area contributed by atoms with Gasteiger partial charge in [-0.2, -0.15) is 0 Å². The monoisotopic (exact) mass is 328 g/mol. The minimum absolute atomic E-state index is 0.109. The first kappa shape index (κ1) is 15.5. The van der Waals surface area contributed by atoms with E-state index in [-0.39, 0.29) is 21.0 Å². The summed E-state index contributed by atoms with van der Waals surface area (Å²) in [5.74, 6) is -2.74. The van der Waals surface area contributed by atoms with Crippen LogP contribution in [0.4, 0.5) is 4.39 Å². The van der Waals surface area contributed by atoms with E-state index in [1.165, 1.54) is 36.4 Å². The van der Waals surface area contributed by atoms with Gasteiger partial charge in [0.2, 0.25) is 0 Å². The molecule has 0 aliphatic heterocycles. The molecule has 110 valence electrons. The molecule has 0 spiro atoms.